The van der Waals surface area contributed by atoms with Gasteiger partial charge in [-0.25, -0.2) is 4.79 Å². The van der Waals surface area contributed by atoms with Crippen molar-refractivity contribution in [3.8, 4) is 0 Å². The molecule has 1 aliphatic heterocycles. The molecule has 0 aromatic carbocycles. The molecule has 0 spiro atoms. The number of carboxylic acid groups (broad SMARTS) is 1. The zero-order chi connectivity index (χ0) is 14.6. The highest BCUT2D eigenvalue weighted by atomic mass is 16.5. The van der Waals surface area contributed by atoms with Crippen LogP contribution in [0.5, 0.6) is 0 Å². The number of rotatable bonds is 5. The van der Waals surface area contributed by atoms with E-state index < -0.39 is 29.9 Å². The van der Waals surface area contributed by atoms with Crippen molar-refractivity contribution < 1.29 is 24.2 Å². The number of urea groups is 1. The fourth-order valence-electron chi connectivity index (χ4n) is 2.03. The van der Waals surface area contributed by atoms with E-state index in [4.69, 9.17) is 15.6 Å². The van der Waals surface area contributed by atoms with Gasteiger partial charge >= 0.3 is 12.0 Å². The lowest BCUT2D eigenvalue weighted by Crippen LogP contribution is -2.51. The van der Waals surface area contributed by atoms with Gasteiger partial charge in [0.15, 0.2) is 0 Å². The van der Waals surface area contributed by atoms with Gasteiger partial charge in [-0.15, -0.1) is 0 Å². The van der Waals surface area contributed by atoms with Crippen LogP contribution >= 0.6 is 0 Å². The maximum atomic E-state index is 12.2. The Labute approximate surface area is 111 Å². The minimum atomic E-state index is -1.000. The Kier molecular flexibility index (Phi) is 5.11. The molecule has 1 aliphatic rings. The number of carbonyl (C=O) groups is 3. The monoisotopic (exact) mass is 273 g/mol. The Morgan fingerprint density at radius 2 is 2.00 bits per heavy atom. The van der Waals surface area contributed by atoms with Crippen molar-refractivity contribution >= 4 is 17.9 Å². The van der Waals surface area contributed by atoms with Crippen LogP contribution in [0.2, 0.25) is 0 Å². The number of hydrogen-bond acceptors (Lipinski definition) is 4. The number of ether oxygens (including phenoxy) is 1. The molecule has 3 amide bonds. The smallest absolute Gasteiger partial charge is 0.320 e. The molecule has 1 fully saturated rings. The van der Waals surface area contributed by atoms with Gasteiger partial charge in [-0.3, -0.25) is 9.59 Å². The predicted octanol–water partition coefficient (Wildman–Crippen LogP) is -1.05. The van der Waals surface area contributed by atoms with E-state index in [9.17, 15) is 14.4 Å². The van der Waals surface area contributed by atoms with E-state index in [1.807, 2.05) is 0 Å². The summed E-state index contributed by atoms with van der Waals surface area (Å²) in [6.07, 6.45) is 0. The Bertz CT molecular complexity index is 373. The average molecular weight is 273 g/mol. The zero-order valence-corrected chi connectivity index (χ0v) is 11.0. The molecule has 2 atom stereocenters. The lowest BCUT2D eigenvalue weighted by molar-refractivity contribution is -0.142. The molecule has 0 aromatic rings. The van der Waals surface area contributed by atoms with E-state index in [-0.39, 0.29) is 19.8 Å². The fourth-order valence-corrected chi connectivity index (χ4v) is 2.03. The van der Waals surface area contributed by atoms with E-state index in [0.29, 0.717) is 6.54 Å². The molecule has 1 heterocycles. The molecule has 2 unspecified atom stereocenters. The SMILES string of the molecule is CCN(CC(N)=O)C(=O)N(C)C1COCC1C(=O)O. The Morgan fingerprint density at radius 1 is 1.37 bits per heavy atom. The lowest BCUT2D eigenvalue weighted by atomic mass is 10.0. The van der Waals surface area contributed by atoms with Crippen LogP contribution in [-0.4, -0.2) is 72.2 Å². The number of amides is 3. The second kappa shape index (κ2) is 6.37. The van der Waals surface area contributed by atoms with E-state index in [0.717, 1.165) is 0 Å². The standard InChI is InChI=1S/C11H19N3O5/c1-3-14(4-9(12)15)11(18)13(2)8-6-19-5-7(8)10(16)17/h7-8H,3-6H2,1-2H3,(H2,12,15)(H,16,17). The Balaban J connectivity index is 2.74. The summed E-state index contributed by atoms with van der Waals surface area (Å²) in [6.45, 7) is 2.10. The van der Waals surface area contributed by atoms with Crippen LogP contribution in [0.15, 0.2) is 0 Å². The minimum absolute atomic E-state index is 0.0829. The molecular formula is C11H19N3O5. The third-order valence-corrected chi connectivity index (χ3v) is 3.17. The summed E-state index contributed by atoms with van der Waals surface area (Å²) in [6, 6.07) is -0.963. The molecule has 1 rings (SSSR count). The number of carbonyl (C=O) groups excluding carboxylic acids is 2. The summed E-state index contributed by atoms with van der Waals surface area (Å²) in [5.41, 5.74) is 5.07. The predicted molar refractivity (Wildman–Crippen MR) is 65.3 cm³/mol. The zero-order valence-electron chi connectivity index (χ0n) is 11.0. The van der Waals surface area contributed by atoms with Gasteiger partial charge in [0.1, 0.15) is 12.5 Å². The van der Waals surface area contributed by atoms with Crippen LogP contribution < -0.4 is 5.73 Å². The number of likely N-dealkylation sites (N-methyl/N-ethyl adjacent to an activating group) is 2. The van der Waals surface area contributed by atoms with Gasteiger partial charge in [0.05, 0.1) is 19.3 Å². The summed E-state index contributed by atoms with van der Waals surface area (Å²) < 4.78 is 5.11. The van der Waals surface area contributed by atoms with Crippen molar-refractivity contribution in [2.75, 3.05) is 33.4 Å². The molecule has 0 aliphatic carbocycles. The third-order valence-electron chi connectivity index (χ3n) is 3.17. The molecule has 0 radical (unpaired) electrons. The fraction of sp³-hybridized carbons (Fsp3) is 0.727. The molecule has 8 heteroatoms. The van der Waals surface area contributed by atoms with Crippen LogP contribution in [0.4, 0.5) is 4.79 Å². The van der Waals surface area contributed by atoms with Crippen LogP contribution in [0, 0.1) is 5.92 Å². The van der Waals surface area contributed by atoms with Crippen LogP contribution in [0.25, 0.3) is 0 Å². The van der Waals surface area contributed by atoms with E-state index in [2.05, 4.69) is 0 Å². The molecule has 108 valence electrons. The minimum Gasteiger partial charge on any atom is -0.481 e. The summed E-state index contributed by atoms with van der Waals surface area (Å²) in [4.78, 5) is 36.7. The first-order valence-electron chi connectivity index (χ1n) is 5.99. The highest BCUT2D eigenvalue weighted by Gasteiger charge is 2.39. The van der Waals surface area contributed by atoms with Crippen molar-refractivity contribution in [1.82, 2.24) is 9.80 Å². The molecule has 0 aromatic heterocycles. The molecular weight excluding hydrogens is 254 g/mol. The first-order chi connectivity index (χ1) is 8.88. The second-order valence-corrected chi connectivity index (χ2v) is 4.42. The van der Waals surface area contributed by atoms with Crippen molar-refractivity contribution in [2.45, 2.75) is 13.0 Å². The second-order valence-electron chi connectivity index (χ2n) is 4.42. The van der Waals surface area contributed by atoms with Gasteiger partial charge in [-0.05, 0) is 6.92 Å². The summed E-state index contributed by atoms with van der Waals surface area (Å²) in [5, 5.41) is 9.05. The maximum Gasteiger partial charge on any atom is 0.320 e. The summed E-state index contributed by atoms with van der Waals surface area (Å²) in [5.74, 6) is -2.36. The highest BCUT2D eigenvalue weighted by Crippen LogP contribution is 2.20. The number of hydrogen-bond donors (Lipinski definition) is 2. The molecule has 19 heavy (non-hydrogen) atoms. The van der Waals surface area contributed by atoms with Crippen molar-refractivity contribution in [3.63, 3.8) is 0 Å². The number of nitrogens with two attached hydrogens (primary N) is 1. The van der Waals surface area contributed by atoms with Gasteiger partial charge in [0, 0.05) is 13.6 Å². The van der Waals surface area contributed by atoms with Crippen LogP contribution in [0.3, 0.4) is 0 Å². The molecule has 0 bridgehead atoms. The van der Waals surface area contributed by atoms with Gasteiger partial charge < -0.3 is 25.4 Å². The lowest BCUT2D eigenvalue weighted by Gasteiger charge is -2.31. The van der Waals surface area contributed by atoms with Crippen molar-refractivity contribution in [2.24, 2.45) is 11.7 Å². The number of nitrogens with zero attached hydrogens (tertiary/aromatic N) is 2. The maximum absolute atomic E-state index is 12.2. The summed E-state index contributed by atoms with van der Waals surface area (Å²) >= 11 is 0. The number of primary amides is 1. The Morgan fingerprint density at radius 3 is 2.47 bits per heavy atom. The first kappa shape index (κ1) is 15.2. The topological polar surface area (TPSA) is 113 Å². The largest absolute Gasteiger partial charge is 0.481 e. The van der Waals surface area contributed by atoms with E-state index >= 15 is 0 Å². The highest BCUT2D eigenvalue weighted by molar-refractivity contribution is 5.83. The number of aliphatic carboxylic acids is 1. The quantitative estimate of drug-likeness (QED) is 0.663. The van der Waals surface area contributed by atoms with Crippen molar-refractivity contribution in [3.05, 3.63) is 0 Å². The molecule has 3 N–H and O–H groups in total. The normalized spacial score (nSPS) is 22.0. The molecule has 0 saturated carbocycles. The van der Waals surface area contributed by atoms with Crippen LogP contribution in [0.1, 0.15) is 6.92 Å². The van der Waals surface area contributed by atoms with Crippen LogP contribution in [-0.2, 0) is 14.3 Å². The van der Waals surface area contributed by atoms with Gasteiger partial charge in [0.25, 0.3) is 0 Å². The van der Waals surface area contributed by atoms with Crippen molar-refractivity contribution in [1.29, 1.82) is 0 Å². The summed E-state index contributed by atoms with van der Waals surface area (Å²) in [7, 11) is 1.50. The first-order valence-corrected chi connectivity index (χ1v) is 5.99. The molecule has 8 nitrogen and oxygen atoms in total. The van der Waals surface area contributed by atoms with Gasteiger partial charge in [0.2, 0.25) is 5.91 Å². The number of carboxylic acids is 1. The van der Waals surface area contributed by atoms with E-state index in [1.165, 1.54) is 16.8 Å². The van der Waals surface area contributed by atoms with E-state index in [1.54, 1.807) is 6.92 Å². The average Bonchev–Trinajstić information content (AvgIpc) is 2.83. The Hall–Kier alpha value is -1.83. The van der Waals surface area contributed by atoms with Gasteiger partial charge in [-0.1, -0.05) is 0 Å². The third kappa shape index (κ3) is 3.57. The molecule has 1 saturated heterocycles. The van der Waals surface area contributed by atoms with Gasteiger partial charge in [-0.2, -0.15) is 0 Å².